The third-order valence-corrected chi connectivity index (χ3v) is 4.52. The molecule has 2 saturated heterocycles. The summed E-state index contributed by atoms with van der Waals surface area (Å²) in [5, 5.41) is 5.57. The first-order valence-electron chi connectivity index (χ1n) is 8.01. The predicted octanol–water partition coefficient (Wildman–Crippen LogP) is 0.307. The highest BCUT2D eigenvalue weighted by Crippen LogP contribution is 2.22. The first kappa shape index (κ1) is 16.7. The van der Waals surface area contributed by atoms with Crippen molar-refractivity contribution in [2.24, 2.45) is 0 Å². The number of amides is 4. The van der Waals surface area contributed by atoms with Crippen molar-refractivity contribution < 1.29 is 14.4 Å². The first-order valence-corrected chi connectivity index (χ1v) is 8.01. The van der Waals surface area contributed by atoms with Crippen molar-refractivity contribution in [1.82, 2.24) is 20.4 Å². The second-order valence-corrected chi connectivity index (χ2v) is 6.47. The molecule has 0 radical (unpaired) electrons. The second kappa shape index (κ2) is 6.64. The molecule has 2 heterocycles. The maximum atomic E-state index is 12.7. The average Bonchev–Trinajstić information content (AvgIpc) is 2.68. The van der Waals surface area contributed by atoms with Crippen molar-refractivity contribution in [2.75, 3.05) is 26.2 Å². The average molecular weight is 310 g/mol. The van der Waals surface area contributed by atoms with E-state index in [1.165, 1.54) is 4.90 Å². The normalized spacial score (nSPS) is 21.9. The van der Waals surface area contributed by atoms with E-state index in [2.05, 4.69) is 10.6 Å². The van der Waals surface area contributed by atoms with Gasteiger partial charge in [-0.3, -0.25) is 14.9 Å². The number of nitrogens with zero attached hydrogens (tertiary/aromatic N) is 2. The summed E-state index contributed by atoms with van der Waals surface area (Å²) in [4.78, 5) is 39.6. The molecule has 7 nitrogen and oxygen atoms in total. The number of piperidine rings is 1. The van der Waals surface area contributed by atoms with Gasteiger partial charge in [0.15, 0.2) is 0 Å². The van der Waals surface area contributed by atoms with Crippen LogP contribution in [0.25, 0.3) is 0 Å². The number of nitrogens with one attached hydrogen (secondary N) is 2. The maximum absolute atomic E-state index is 12.7. The monoisotopic (exact) mass is 310 g/mol. The minimum atomic E-state index is -0.973. The van der Waals surface area contributed by atoms with E-state index in [9.17, 15) is 14.4 Å². The lowest BCUT2D eigenvalue weighted by Gasteiger charge is -2.36. The molecule has 0 atom stereocenters. The van der Waals surface area contributed by atoms with Crippen LogP contribution in [0, 0.1) is 0 Å². The zero-order valence-electron chi connectivity index (χ0n) is 13.6. The van der Waals surface area contributed by atoms with Crippen molar-refractivity contribution in [3.05, 3.63) is 0 Å². The Hall–Kier alpha value is -1.63. The van der Waals surface area contributed by atoms with Gasteiger partial charge in [0, 0.05) is 12.6 Å². The number of imide groups is 1. The molecule has 2 aliphatic heterocycles. The molecule has 2 fully saturated rings. The van der Waals surface area contributed by atoms with Crippen LogP contribution in [0.2, 0.25) is 0 Å². The smallest absolute Gasteiger partial charge is 0.325 e. The molecular weight excluding hydrogens is 284 g/mol. The zero-order chi connectivity index (χ0) is 16.3. The number of hydrogen-bond donors (Lipinski definition) is 2. The Kier molecular flexibility index (Phi) is 5.05. The first-order chi connectivity index (χ1) is 10.4. The molecule has 124 valence electrons. The van der Waals surface area contributed by atoms with Crippen LogP contribution in [0.3, 0.4) is 0 Å². The minimum Gasteiger partial charge on any atom is -0.338 e. The molecule has 0 aliphatic carbocycles. The fraction of sp³-hybridized carbons (Fsp3) is 0.800. The SMILES string of the molecule is CCCN(C(=O)CN1C(=O)NC(=O)C1(C)C)C1CCNCC1. The highest BCUT2D eigenvalue weighted by molar-refractivity contribution is 6.07. The summed E-state index contributed by atoms with van der Waals surface area (Å²) in [6, 6.07) is -0.261. The molecule has 4 amide bonds. The van der Waals surface area contributed by atoms with Gasteiger partial charge in [0.05, 0.1) is 0 Å². The molecule has 2 N–H and O–H groups in total. The standard InChI is InChI=1S/C15H26N4O3/c1-4-9-18(11-5-7-16-8-6-11)12(20)10-19-14(22)17-13(21)15(19,2)3/h11,16H,4-10H2,1-3H3,(H,17,21,22). The van der Waals surface area contributed by atoms with Crippen LogP contribution in [0.1, 0.15) is 40.0 Å². The van der Waals surface area contributed by atoms with Gasteiger partial charge in [-0.15, -0.1) is 0 Å². The summed E-state index contributed by atoms with van der Waals surface area (Å²) in [7, 11) is 0. The summed E-state index contributed by atoms with van der Waals surface area (Å²) >= 11 is 0. The molecule has 0 saturated carbocycles. The molecular formula is C15H26N4O3. The van der Waals surface area contributed by atoms with Crippen molar-refractivity contribution in [3.8, 4) is 0 Å². The summed E-state index contributed by atoms with van der Waals surface area (Å²) < 4.78 is 0. The van der Waals surface area contributed by atoms with Crippen LogP contribution < -0.4 is 10.6 Å². The number of urea groups is 1. The van der Waals surface area contributed by atoms with Gasteiger partial charge >= 0.3 is 6.03 Å². The van der Waals surface area contributed by atoms with E-state index >= 15 is 0 Å². The summed E-state index contributed by atoms with van der Waals surface area (Å²) in [5.41, 5.74) is -0.973. The fourth-order valence-electron chi connectivity index (χ4n) is 3.06. The van der Waals surface area contributed by atoms with E-state index in [4.69, 9.17) is 0 Å². The second-order valence-electron chi connectivity index (χ2n) is 6.47. The third kappa shape index (κ3) is 3.24. The van der Waals surface area contributed by atoms with E-state index in [0.717, 1.165) is 32.4 Å². The van der Waals surface area contributed by atoms with Gasteiger partial charge in [0.25, 0.3) is 5.91 Å². The van der Waals surface area contributed by atoms with Crippen molar-refractivity contribution in [3.63, 3.8) is 0 Å². The van der Waals surface area contributed by atoms with Gasteiger partial charge in [0.2, 0.25) is 5.91 Å². The Balaban J connectivity index is 2.07. The largest absolute Gasteiger partial charge is 0.338 e. The van der Waals surface area contributed by atoms with Crippen molar-refractivity contribution in [1.29, 1.82) is 0 Å². The van der Waals surface area contributed by atoms with E-state index in [1.807, 2.05) is 11.8 Å². The van der Waals surface area contributed by atoms with Crippen LogP contribution in [0.4, 0.5) is 4.79 Å². The molecule has 0 aromatic rings. The lowest BCUT2D eigenvalue weighted by molar-refractivity contribution is -0.136. The molecule has 0 spiro atoms. The number of carbonyl (C=O) groups excluding carboxylic acids is 3. The molecule has 0 aromatic heterocycles. The number of carbonyl (C=O) groups is 3. The zero-order valence-corrected chi connectivity index (χ0v) is 13.6. The Morgan fingerprint density at radius 3 is 2.45 bits per heavy atom. The van der Waals surface area contributed by atoms with E-state index < -0.39 is 11.6 Å². The van der Waals surface area contributed by atoms with E-state index in [-0.39, 0.29) is 24.4 Å². The lowest BCUT2D eigenvalue weighted by Crippen LogP contribution is -2.53. The van der Waals surface area contributed by atoms with E-state index in [1.54, 1.807) is 13.8 Å². The van der Waals surface area contributed by atoms with Gasteiger partial charge in [-0.2, -0.15) is 0 Å². The quantitative estimate of drug-likeness (QED) is 0.716. The van der Waals surface area contributed by atoms with Gasteiger partial charge in [-0.05, 0) is 46.2 Å². The van der Waals surface area contributed by atoms with Crippen LogP contribution >= 0.6 is 0 Å². The van der Waals surface area contributed by atoms with Crippen LogP contribution in [0.5, 0.6) is 0 Å². The Morgan fingerprint density at radius 1 is 1.32 bits per heavy atom. The van der Waals surface area contributed by atoms with Gasteiger partial charge in [-0.25, -0.2) is 4.79 Å². The fourth-order valence-corrected chi connectivity index (χ4v) is 3.06. The molecule has 0 unspecified atom stereocenters. The highest BCUT2D eigenvalue weighted by atomic mass is 16.2. The Morgan fingerprint density at radius 2 is 1.95 bits per heavy atom. The summed E-state index contributed by atoms with van der Waals surface area (Å²) in [5.74, 6) is -0.430. The number of rotatable bonds is 5. The molecule has 22 heavy (non-hydrogen) atoms. The lowest BCUT2D eigenvalue weighted by atomic mass is 10.0. The molecule has 0 bridgehead atoms. The third-order valence-electron chi connectivity index (χ3n) is 4.52. The molecule has 7 heteroatoms. The topological polar surface area (TPSA) is 81.8 Å². The predicted molar refractivity (Wildman–Crippen MR) is 82.2 cm³/mol. The summed E-state index contributed by atoms with van der Waals surface area (Å²) in [6.07, 6.45) is 2.74. The van der Waals surface area contributed by atoms with Gasteiger partial charge in [-0.1, -0.05) is 6.92 Å². The number of hydrogen-bond acceptors (Lipinski definition) is 4. The van der Waals surface area contributed by atoms with Crippen LogP contribution in [0.15, 0.2) is 0 Å². The van der Waals surface area contributed by atoms with E-state index in [0.29, 0.717) is 6.54 Å². The van der Waals surface area contributed by atoms with Gasteiger partial charge < -0.3 is 15.1 Å². The maximum Gasteiger partial charge on any atom is 0.325 e. The van der Waals surface area contributed by atoms with Crippen molar-refractivity contribution in [2.45, 2.75) is 51.6 Å². The molecule has 0 aromatic carbocycles. The summed E-state index contributed by atoms with van der Waals surface area (Å²) in [6.45, 7) is 7.82. The molecule has 2 aliphatic rings. The van der Waals surface area contributed by atoms with Crippen LogP contribution in [-0.2, 0) is 9.59 Å². The molecule has 2 rings (SSSR count). The minimum absolute atomic E-state index is 0.0471. The Bertz CT molecular complexity index is 458. The van der Waals surface area contributed by atoms with Gasteiger partial charge in [0.1, 0.15) is 12.1 Å². The van der Waals surface area contributed by atoms with Crippen molar-refractivity contribution >= 4 is 17.8 Å². The van der Waals surface area contributed by atoms with Crippen LogP contribution in [-0.4, -0.2) is 65.4 Å². The highest BCUT2D eigenvalue weighted by Gasteiger charge is 2.46. The Labute approximate surface area is 131 Å².